The molecule has 0 atom stereocenters. The Bertz CT molecular complexity index is 843. The summed E-state index contributed by atoms with van der Waals surface area (Å²) in [6, 6.07) is 18.4. The number of nitrogens with zero attached hydrogens (tertiary/aromatic N) is 2. The molecular weight excluding hydrogens is 296 g/mol. The first-order chi connectivity index (χ1) is 11.7. The van der Waals surface area contributed by atoms with Crippen molar-refractivity contribution in [1.29, 1.82) is 0 Å². The summed E-state index contributed by atoms with van der Waals surface area (Å²) in [5, 5.41) is 6.72. The van der Waals surface area contributed by atoms with Gasteiger partial charge in [-0.25, -0.2) is 4.98 Å². The molecule has 3 rings (SSSR count). The lowest BCUT2D eigenvalue weighted by Gasteiger charge is -2.13. The van der Waals surface area contributed by atoms with E-state index in [0.29, 0.717) is 5.95 Å². The van der Waals surface area contributed by atoms with Crippen molar-refractivity contribution in [3.8, 4) is 0 Å². The molecule has 0 radical (unpaired) electrons. The van der Waals surface area contributed by atoms with Gasteiger partial charge in [0.2, 0.25) is 5.95 Å². The first-order valence-electron chi connectivity index (χ1n) is 8.19. The van der Waals surface area contributed by atoms with E-state index in [0.717, 1.165) is 34.9 Å². The zero-order valence-electron chi connectivity index (χ0n) is 14.3. The number of nitrogens with one attached hydrogen (secondary N) is 2. The van der Waals surface area contributed by atoms with E-state index in [1.54, 1.807) is 0 Å². The fraction of sp³-hybridized carbons (Fsp3) is 0.200. The van der Waals surface area contributed by atoms with Gasteiger partial charge in [-0.3, -0.25) is 0 Å². The second-order valence-electron chi connectivity index (χ2n) is 5.79. The molecule has 3 aromatic rings. The lowest BCUT2D eigenvalue weighted by molar-refractivity contribution is 1.10. The van der Waals surface area contributed by atoms with E-state index < -0.39 is 0 Å². The van der Waals surface area contributed by atoms with Crippen LogP contribution in [0.2, 0.25) is 0 Å². The van der Waals surface area contributed by atoms with E-state index in [1.165, 1.54) is 5.56 Å². The molecule has 0 unspecified atom stereocenters. The molecule has 0 bridgehead atoms. The third-order valence-corrected chi connectivity index (χ3v) is 3.91. The molecule has 0 saturated carbocycles. The summed E-state index contributed by atoms with van der Waals surface area (Å²) in [5.41, 5.74) is 5.44. The molecule has 2 N–H and O–H groups in total. The molecular formula is C20H22N4. The van der Waals surface area contributed by atoms with Gasteiger partial charge in [0, 0.05) is 23.1 Å². The third kappa shape index (κ3) is 3.71. The lowest BCUT2D eigenvalue weighted by Crippen LogP contribution is -2.04. The number of hydrogen-bond donors (Lipinski definition) is 2. The second kappa shape index (κ2) is 7.13. The van der Waals surface area contributed by atoms with Crippen LogP contribution >= 0.6 is 0 Å². The maximum atomic E-state index is 4.61. The smallest absolute Gasteiger partial charge is 0.229 e. The molecule has 0 aliphatic rings. The van der Waals surface area contributed by atoms with E-state index >= 15 is 0 Å². The Morgan fingerprint density at radius 3 is 2.29 bits per heavy atom. The van der Waals surface area contributed by atoms with E-state index in [9.17, 15) is 0 Å². The molecule has 0 aliphatic heterocycles. The minimum atomic E-state index is 0.598. The van der Waals surface area contributed by atoms with Crippen molar-refractivity contribution in [3.05, 3.63) is 71.4 Å². The van der Waals surface area contributed by atoms with Crippen LogP contribution in [0.25, 0.3) is 0 Å². The van der Waals surface area contributed by atoms with Crippen LogP contribution in [0.15, 0.2) is 54.6 Å². The van der Waals surface area contributed by atoms with Crippen LogP contribution < -0.4 is 10.6 Å². The Hall–Kier alpha value is -2.88. The SMILES string of the molecule is CCc1ccccc1Nc1cc(C)nc(Nc2ccccc2C)n1. The highest BCUT2D eigenvalue weighted by Gasteiger charge is 2.06. The molecule has 0 aliphatic carbocycles. The molecule has 1 heterocycles. The normalized spacial score (nSPS) is 10.5. The summed E-state index contributed by atoms with van der Waals surface area (Å²) in [6.45, 7) is 6.19. The molecule has 0 fully saturated rings. The summed E-state index contributed by atoms with van der Waals surface area (Å²) in [7, 11) is 0. The van der Waals surface area contributed by atoms with Crippen LogP contribution in [0, 0.1) is 13.8 Å². The number of rotatable bonds is 5. The molecule has 24 heavy (non-hydrogen) atoms. The summed E-state index contributed by atoms with van der Waals surface area (Å²) >= 11 is 0. The van der Waals surface area contributed by atoms with Gasteiger partial charge in [0.25, 0.3) is 0 Å². The summed E-state index contributed by atoms with van der Waals surface area (Å²) in [5.74, 6) is 1.39. The molecule has 0 saturated heterocycles. The Kier molecular flexibility index (Phi) is 4.75. The average Bonchev–Trinajstić information content (AvgIpc) is 2.57. The second-order valence-corrected chi connectivity index (χ2v) is 5.79. The minimum Gasteiger partial charge on any atom is -0.340 e. The maximum Gasteiger partial charge on any atom is 0.229 e. The highest BCUT2D eigenvalue weighted by Crippen LogP contribution is 2.23. The predicted octanol–water partition coefficient (Wildman–Crippen LogP) is 5.14. The zero-order chi connectivity index (χ0) is 16.9. The van der Waals surface area contributed by atoms with Crippen molar-refractivity contribution in [2.75, 3.05) is 10.6 Å². The van der Waals surface area contributed by atoms with E-state index in [2.05, 4.69) is 58.7 Å². The van der Waals surface area contributed by atoms with Gasteiger partial charge in [0.15, 0.2) is 0 Å². The van der Waals surface area contributed by atoms with Crippen LogP contribution in [-0.2, 0) is 6.42 Å². The number of para-hydroxylation sites is 2. The van der Waals surface area contributed by atoms with Crippen LogP contribution in [0.3, 0.4) is 0 Å². The maximum absolute atomic E-state index is 4.61. The van der Waals surface area contributed by atoms with E-state index in [1.807, 2.05) is 37.3 Å². The first kappa shape index (κ1) is 16.0. The Balaban J connectivity index is 1.88. The number of hydrogen-bond acceptors (Lipinski definition) is 4. The topological polar surface area (TPSA) is 49.8 Å². The summed E-state index contributed by atoms with van der Waals surface area (Å²) < 4.78 is 0. The Morgan fingerprint density at radius 2 is 1.54 bits per heavy atom. The summed E-state index contributed by atoms with van der Waals surface area (Å²) in [6.07, 6.45) is 0.974. The van der Waals surface area contributed by atoms with Crippen molar-refractivity contribution in [1.82, 2.24) is 9.97 Å². The van der Waals surface area contributed by atoms with E-state index in [-0.39, 0.29) is 0 Å². The highest BCUT2D eigenvalue weighted by atomic mass is 15.1. The standard InChI is InChI=1S/C20H22N4/c1-4-16-10-6-8-12-18(16)22-19-13-15(3)21-20(24-19)23-17-11-7-5-9-14(17)2/h5-13H,4H2,1-3H3,(H2,21,22,23,24). The van der Waals surface area contributed by atoms with Gasteiger partial charge in [-0.15, -0.1) is 0 Å². The van der Waals surface area contributed by atoms with Gasteiger partial charge in [-0.1, -0.05) is 43.3 Å². The molecule has 0 amide bonds. The number of anilines is 4. The quantitative estimate of drug-likeness (QED) is 0.683. The average molecular weight is 318 g/mol. The van der Waals surface area contributed by atoms with Gasteiger partial charge in [-0.2, -0.15) is 4.98 Å². The van der Waals surface area contributed by atoms with Gasteiger partial charge < -0.3 is 10.6 Å². The highest BCUT2D eigenvalue weighted by molar-refractivity contribution is 5.63. The fourth-order valence-electron chi connectivity index (χ4n) is 2.61. The number of aryl methyl sites for hydroxylation is 3. The third-order valence-electron chi connectivity index (χ3n) is 3.91. The molecule has 4 nitrogen and oxygen atoms in total. The molecule has 1 aromatic heterocycles. The number of benzene rings is 2. The zero-order valence-corrected chi connectivity index (χ0v) is 14.3. The van der Waals surface area contributed by atoms with Crippen LogP contribution in [0.1, 0.15) is 23.7 Å². The van der Waals surface area contributed by atoms with Gasteiger partial charge in [0.05, 0.1) is 0 Å². The van der Waals surface area contributed by atoms with Crippen molar-refractivity contribution in [2.24, 2.45) is 0 Å². The molecule has 122 valence electrons. The molecule has 2 aromatic carbocycles. The Labute approximate surface area is 143 Å². The van der Waals surface area contributed by atoms with Crippen molar-refractivity contribution < 1.29 is 0 Å². The lowest BCUT2D eigenvalue weighted by atomic mass is 10.1. The molecule has 4 heteroatoms. The molecule has 0 spiro atoms. The largest absolute Gasteiger partial charge is 0.340 e. The monoisotopic (exact) mass is 318 g/mol. The van der Waals surface area contributed by atoms with Crippen LogP contribution in [0.5, 0.6) is 0 Å². The van der Waals surface area contributed by atoms with Crippen LogP contribution in [-0.4, -0.2) is 9.97 Å². The van der Waals surface area contributed by atoms with E-state index in [4.69, 9.17) is 0 Å². The van der Waals surface area contributed by atoms with Crippen molar-refractivity contribution >= 4 is 23.1 Å². The Morgan fingerprint density at radius 1 is 0.833 bits per heavy atom. The number of aromatic nitrogens is 2. The minimum absolute atomic E-state index is 0.598. The van der Waals surface area contributed by atoms with Crippen molar-refractivity contribution in [3.63, 3.8) is 0 Å². The van der Waals surface area contributed by atoms with Crippen LogP contribution in [0.4, 0.5) is 23.1 Å². The first-order valence-corrected chi connectivity index (χ1v) is 8.19. The predicted molar refractivity (Wildman–Crippen MR) is 100 cm³/mol. The summed E-state index contributed by atoms with van der Waals surface area (Å²) in [4.78, 5) is 9.10. The fourth-order valence-corrected chi connectivity index (χ4v) is 2.61. The van der Waals surface area contributed by atoms with Gasteiger partial charge >= 0.3 is 0 Å². The van der Waals surface area contributed by atoms with Gasteiger partial charge in [0.1, 0.15) is 5.82 Å². The van der Waals surface area contributed by atoms with Gasteiger partial charge in [-0.05, 0) is 43.5 Å². The van der Waals surface area contributed by atoms with Crippen molar-refractivity contribution in [2.45, 2.75) is 27.2 Å².